The Morgan fingerprint density at radius 2 is 1.52 bits per heavy atom. The Kier molecular flexibility index (Phi) is 5.76. The van der Waals surface area contributed by atoms with Crippen LogP contribution in [0.3, 0.4) is 0 Å². The van der Waals surface area contributed by atoms with Gasteiger partial charge in [-0.05, 0) is 11.1 Å². The highest BCUT2D eigenvalue weighted by molar-refractivity contribution is 5.82. The van der Waals surface area contributed by atoms with E-state index in [9.17, 15) is 18.0 Å². The Balaban J connectivity index is 2.01. The molecule has 0 saturated heterocycles. The summed E-state index contributed by atoms with van der Waals surface area (Å²) in [7, 11) is 0. The summed E-state index contributed by atoms with van der Waals surface area (Å²) in [6.45, 7) is 0.701. The van der Waals surface area contributed by atoms with Crippen molar-refractivity contribution in [2.75, 3.05) is 6.54 Å². The van der Waals surface area contributed by atoms with Crippen molar-refractivity contribution in [2.24, 2.45) is 0 Å². The Labute approximate surface area is 132 Å². The number of amides is 1. The number of hydrogen-bond donors (Lipinski definition) is 2. The molecule has 2 N–H and O–H groups in total. The second kappa shape index (κ2) is 7.78. The van der Waals surface area contributed by atoms with E-state index in [4.69, 9.17) is 0 Å². The fraction of sp³-hybridized carbons (Fsp3) is 0.235. The first-order valence-corrected chi connectivity index (χ1v) is 7.14. The summed E-state index contributed by atoms with van der Waals surface area (Å²) in [6, 6.07) is 17.3. The predicted octanol–water partition coefficient (Wildman–Crippen LogP) is 3.20. The summed E-state index contributed by atoms with van der Waals surface area (Å²) in [5.74, 6) is -1.94. The van der Waals surface area contributed by atoms with Crippen LogP contribution in [-0.4, -0.2) is 18.6 Å². The third-order valence-corrected chi connectivity index (χ3v) is 3.29. The van der Waals surface area contributed by atoms with Gasteiger partial charge in [-0.2, -0.15) is 13.2 Å². The molecule has 23 heavy (non-hydrogen) atoms. The van der Waals surface area contributed by atoms with E-state index < -0.39 is 18.1 Å². The molecule has 0 heterocycles. The molecule has 0 saturated carbocycles. The number of rotatable bonds is 6. The smallest absolute Gasteiger partial charge is 0.340 e. The van der Waals surface area contributed by atoms with Crippen LogP contribution in [0.5, 0.6) is 0 Å². The van der Waals surface area contributed by atoms with Crippen LogP contribution in [0.2, 0.25) is 0 Å². The summed E-state index contributed by atoms with van der Waals surface area (Å²) < 4.78 is 37.4. The molecule has 0 aliphatic carbocycles. The minimum Gasteiger partial charge on any atom is -0.340 e. The number of halogens is 3. The number of benzene rings is 2. The Morgan fingerprint density at radius 1 is 0.957 bits per heavy atom. The second-order valence-corrected chi connectivity index (χ2v) is 5.05. The first kappa shape index (κ1) is 17.0. The maximum absolute atomic E-state index is 12.5. The van der Waals surface area contributed by atoms with Crippen molar-refractivity contribution in [3.63, 3.8) is 0 Å². The molecule has 2 aromatic rings. The highest BCUT2D eigenvalue weighted by Gasteiger charge is 2.39. The molecule has 0 aliphatic heterocycles. The van der Waals surface area contributed by atoms with E-state index in [1.54, 1.807) is 30.3 Å². The van der Waals surface area contributed by atoms with E-state index in [-0.39, 0.29) is 6.54 Å². The minimum atomic E-state index is -4.90. The fourth-order valence-electron chi connectivity index (χ4n) is 2.13. The second-order valence-electron chi connectivity index (χ2n) is 5.05. The summed E-state index contributed by atoms with van der Waals surface area (Å²) in [6.07, 6.45) is -4.90. The van der Waals surface area contributed by atoms with E-state index in [0.717, 1.165) is 5.56 Å². The summed E-state index contributed by atoms with van der Waals surface area (Å²) in [5.41, 5.74) is 1.63. The molecule has 0 aromatic heterocycles. The van der Waals surface area contributed by atoms with Gasteiger partial charge in [0.25, 0.3) is 0 Å². The number of nitrogens with one attached hydrogen (secondary N) is 2. The van der Waals surface area contributed by atoms with Crippen LogP contribution >= 0.6 is 0 Å². The molecule has 3 nitrogen and oxygen atoms in total. The molecule has 0 fully saturated rings. The Morgan fingerprint density at radius 3 is 2.09 bits per heavy atom. The molecule has 2 rings (SSSR count). The normalized spacial score (nSPS) is 12.7. The van der Waals surface area contributed by atoms with Gasteiger partial charge in [0.2, 0.25) is 0 Å². The van der Waals surface area contributed by atoms with Gasteiger partial charge in [0.15, 0.2) is 0 Å². The van der Waals surface area contributed by atoms with Crippen molar-refractivity contribution in [3.8, 4) is 0 Å². The van der Waals surface area contributed by atoms with Gasteiger partial charge in [-0.15, -0.1) is 0 Å². The summed E-state index contributed by atoms with van der Waals surface area (Å²) in [4.78, 5) is 11.2. The van der Waals surface area contributed by atoms with Gasteiger partial charge >= 0.3 is 12.1 Å². The van der Waals surface area contributed by atoms with E-state index in [1.807, 2.05) is 35.6 Å². The number of alkyl halides is 3. The van der Waals surface area contributed by atoms with Crippen LogP contribution in [0.25, 0.3) is 0 Å². The lowest BCUT2D eigenvalue weighted by molar-refractivity contribution is -0.174. The zero-order valence-corrected chi connectivity index (χ0v) is 12.3. The van der Waals surface area contributed by atoms with Crippen LogP contribution in [0.4, 0.5) is 13.2 Å². The highest BCUT2D eigenvalue weighted by atomic mass is 19.4. The number of carbonyl (C=O) groups is 1. The van der Waals surface area contributed by atoms with Gasteiger partial charge in [0.1, 0.15) is 0 Å². The van der Waals surface area contributed by atoms with E-state index in [0.29, 0.717) is 12.1 Å². The van der Waals surface area contributed by atoms with Gasteiger partial charge < -0.3 is 10.6 Å². The zero-order chi connectivity index (χ0) is 16.7. The quantitative estimate of drug-likeness (QED) is 0.857. The Hall–Kier alpha value is -2.34. The maximum Gasteiger partial charge on any atom is 0.471 e. The van der Waals surface area contributed by atoms with Gasteiger partial charge in [-0.1, -0.05) is 60.7 Å². The molecule has 0 aliphatic rings. The van der Waals surface area contributed by atoms with Gasteiger partial charge in [-0.3, -0.25) is 4.79 Å². The van der Waals surface area contributed by atoms with Crippen LogP contribution in [0, 0.1) is 0 Å². The lowest BCUT2D eigenvalue weighted by Crippen LogP contribution is -2.42. The topological polar surface area (TPSA) is 41.1 Å². The highest BCUT2D eigenvalue weighted by Crippen LogP contribution is 2.18. The lowest BCUT2D eigenvalue weighted by Gasteiger charge is -2.20. The zero-order valence-electron chi connectivity index (χ0n) is 12.3. The molecule has 0 bridgehead atoms. The SMILES string of the molecule is O=C(NC(CNCc1ccccc1)c1ccccc1)C(F)(F)F. The summed E-state index contributed by atoms with van der Waals surface area (Å²) >= 11 is 0. The van der Waals surface area contributed by atoms with Crippen molar-refractivity contribution >= 4 is 5.91 Å². The first-order valence-electron chi connectivity index (χ1n) is 7.14. The first-order chi connectivity index (χ1) is 11.0. The standard InChI is InChI=1S/C17H17F3N2O/c18-17(19,20)16(23)22-15(14-9-5-2-6-10-14)12-21-11-13-7-3-1-4-8-13/h1-10,15,21H,11-12H2,(H,22,23). The minimum absolute atomic E-state index is 0.195. The van der Waals surface area contributed by atoms with Crippen molar-refractivity contribution < 1.29 is 18.0 Å². The van der Waals surface area contributed by atoms with Gasteiger partial charge in [-0.25, -0.2) is 0 Å². The fourth-order valence-corrected chi connectivity index (χ4v) is 2.13. The summed E-state index contributed by atoms with van der Waals surface area (Å²) in [5, 5.41) is 5.11. The molecule has 1 unspecified atom stereocenters. The Bertz CT molecular complexity index is 615. The van der Waals surface area contributed by atoms with Crippen molar-refractivity contribution in [2.45, 2.75) is 18.8 Å². The lowest BCUT2D eigenvalue weighted by atomic mass is 10.1. The average Bonchev–Trinajstić information content (AvgIpc) is 2.54. The van der Waals surface area contributed by atoms with Crippen LogP contribution in [0.1, 0.15) is 17.2 Å². The van der Waals surface area contributed by atoms with Crippen LogP contribution < -0.4 is 10.6 Å². The van der Waals surface area contributed by atoms with Gasteiger partial charge in [0.05, 0.1) is 6.04 Å². The third-order valence-electron chi connectivity index (χ3n) is 3.29. The molecule has 1 amide bonds. The van der Waals surface area contributed by atoms with Crippen molar-refractivity contribution in [1.82, 2.24) is 10.6 Å². The molecule has 1 atom stereocenters. The number of carbonyl (C=O) groups excluding carboxylic acids is 1. The number of hydrogen-bond acceptors (Lipinski definition) is 2. The predicted molar refractivity (Wildman–Crippen MR) is 81.5 cm³/mol. The third kappa shape index (κ3) is 5.41. The van der Waals surface area contributed by atoms with Crippen molar-refractivity contribution in [1.29, 1.82) is 0 Å². The van der Waals surface area contributed by atoms with E-state index >= 15 is 0 Å². The van der Waals surface area contributed by atoms with E-state index in [2.05, 4.69) is 5.32 Å². The molecular weight excluding hydrogens is 305 g/mol. The molecular formula is C17H17F3N2O. The van der Waals surface area contributed by atoms with Gasteiger partial charge in [0, 0.05) is 13.1 Å². The van der Waals surface area contributed by atoms with E-state index in [1.165, 1.54) is 0 Å². The molecule has 0 radical (unpaired) electrons. The van der Waals surface area contributed by atoms with Crippen LogP contribution in [0.15, 0.2) is 60.7 Å². The molecule has 122 valence electrons. The monoisotopic (exact) mass is 322 g/mol. The molecule has 6 heteroatoms. The average molecular weight is 322 g/mol. The van der Waals surface area contributed by atoms with Crippen molar-refractivity contribution in [3.05, 3.63) is 71.8 Å². The molecule has 2 aromatic carbocycles. The largest absolute Gasteiger partial charge is 0.471 e. The molecule has 0 spiro atoms. The van der Waals surface area contributed by atoms with Crippen LogP contribution in [-0.2, 0) is 11.3 Å². The maximum atomic E-state index is 12.5.